The molecule has 0 bridgehead atoms. The summed E-state index contributed by atoms with van der Waals surface area (Å²) in [5, 5.41) is 0. The van der Waals surface area contributed by atoms with E-state index in [9.17, 15) is 0 Å². The van der Waals surface area contributed by atoms with Crippen molar-refractivity contribution < 1.29 is 4.74 Å². The zero-order valence-corrected chi connectivity index (χ0v) is 5.85. The largest absolute Gasteiger partial charge is 0.384 e. The molecule has 0 aromatic heterocycles. The number of nitrogens with two attached hydrogens (primary N) is 1. The second kappa shape index (κ2) is 3.87. The molecule has 0 saturated heterocycles. The van der Waals surface area contributed by atoms with Crippen LogP contribution in [0.25, 0.3) is 0 Å². The first-order valence-corrected chi connectivity index (χ1v) is 2.93. The summed E-state index contributed by atoms with van der Waals surface area (Å²) in [6, 6.07) is 0.245. The molecular formula is C6H15NO. The van der Waals surface area contributed by atoms with Gasteiger partial charge in [0.2, 0.25) is 0 Å². The molecule has 50 valence electrons. The van der Waals surface area contributed by atoms with Gasteiger partial charge in [-0.1, -0.05) is 6.92 Å². The average Bonchev–Trinajstić information content (AvgIpc) is 1.67. The van der Waals surface area contributed by atoms with Crippen molar-refractivity contribution in [2.45, 2.75) is 19.9 Å². The van der Waals surface area contributed by atoms with Gasteiger partial charge in [-0.05, 0) is 12.8 Å². The molecule has 2 atom stereocenters. The highest BCUT2D eigenvalue weighted by atomic mass is 16.5. The van der Waals surface area contributed by atoms with E-state index in [0.29, 0.717) is 5.92 Å². The van der Waals surface area contributed by atoms with E-state index in [0.717, 1.165) is 6.61 Å². The molecule has 2 nitrogen and oxygen atoms in total. The van der Waals surface area contributed by atoms with Gasteiger partial charge in [0.1, 0.15) is 0 Å². The Morgan fingerprint density at radius 2 is 2.00 bits per heavy atom. The van der Waals surface area contributed by atoms with E-state index in [1.807, 2.05) is 6.92 Å². The highest BCUT2D eigenvalue weighted by Crippen LogP contribution is 1.97. The Morgan fingerprint density at radius 3 is 2.12 bits per heavy atom. The van der Waals surface area contributed by atoms with Crippen LogP contribution in [0.15, 0.2) is 0 Å². The fourth-order valence-corrected chi connectivity index (χ4v) is 0.415. The van der Waals surface area contributed by atoms with Gasteiger partial charge in [0.05, 0.1) is 6.61 Å². The van der Waals surface area contributed by atoms with Crippen LogP contribution in [0.2, 0.25) is 0 Å². The number of hydrogen-bond acceptors (Lipinski definition) is 2. The smallest absolute Gasteiger partial charge is 0.0502 e. The highest BCUT2D eigenvalue weighted by molar-refractivity contribution is 4.61. The highest BCUT2D eigenvalue weighted by Gasteiger charge is 2.04. The topological polar surface area (TPSA) is 35.2 Å². The fraction of sp³-hybridized carbons (Fsp3) is 1.00. The summed E-state index contributed by atoms with van der Waals surface area (Å²) in [5.41, 5.74) is 5.54. The molecule has 0 aliphatic carbocycles. The van der Waals surface area contributed by atoms with Gasteiger partial charge in [-0.3, -0.25) is 0 Å². The van der Waals surface area contributed by atoms with Crippen molar-refractivity contribution in [2.24, 2.45) is 11.7 Å². The molecule has 0 fully saturated rings. The zero-order valence-electron chi connectivity index (χ0n) is 5.85. The summed E-state index contributed by atoms with van der Waals surface area (Å²) in [6.45, 7) is 4.83. The first kappa shape index (κ1) is 7.92. The van der Waals surface area contributed by atoms with E-state index in [1.165, 1.54) is 0 Å². The van der Waals surface area contributed by atoms with Crippen molar-refractivity contribution in [3.8, 4) is 0 Å². The Labute approximate surface area is 51.0 Å². The van der Waals surface area contributed by atoms with Gasteiger partial charge in [-0.15, -0.1) is 0 Å². The van der Waals surface area contributed by atoms with E-state index in [-0.39, 0.29) is 6.04 Å². The lowest BCUT2D eigenvalue weighted by Crippen LogP contribution is -2.27. The van der Waals surface area contributed by atoms with Crippen molar-refractivity contribution in [1.82, 2.24) is 0 Å². The van der Waals surface area contributed by atoms with Crippen LogP contribution in [0.4, 0.5) is 0 Å². The van der Waals surface area contributed by atoms with Crippen LogP contribution in [-0.4, -0.2) is 19.8 Å². The van der Waals surface area contributed by atoms with Gasteiger partial charge < -0.3 is 10.5 Å². The molecular weight excluding hydrogens is 102 g/mol. The number of hydrogen-bond donors (Lipinski definition) is 1. The van der Waals surface area contributed by atoms with Gasteiger partial charge >= 0.3 is 0 Å². The van der Waals surface area contributed by atoms with Crippen molar-refractivity contribution >= 4 is 0 Å². The molecule has 0 aromatic rings. The molecule has 0 aliphatic heterocycles. The van der Waals surface area contributed by atoms with Crippen molar-refractivity contribution in [3.63, 3.8) is 0 Å². The van der Waals surface area contributed by atoms with Crippen LogP contribution < -0.4 is 5.73 Å². The van der Waals surface area contributed by atoms with Crippen LogP contribution in [0, 0.1) is 5.92 Å². The van der Waals surface area contributed by atoms with Crippen LogP contribution in [0.3, 0.4) is 0 Å². The summed E-state index contributed by atoms with van der Waals surface area (Å²) in [5.74, 6) is 0.472. The van der Waals surface area contributed by atoms with Crippen molar-refractivity contribution in [1.29, 1.82) is 0 Å². The minimum atomic E-state index is 0.245. The fourth-order valence-electron chi connectivity index (χ4n) is 0.415. The molecule has 0 radical (unpaired) electrons. The Balaban J connectivity index is 3.17. The van der Waals surface area contributed by atoms with Gasteiger partial charge in [0.25, 0.3) is 0 Å². The molecule has 0 spiro atoms. The third-order valence-corrected chi connectivity index (χ3v) is 1.33. The summed E-state index contributed by atoms with van der Waals surface area (Å²) in [4.78, 5) is 0. The van der Waals surface area contributed by atoms with Crippen LogP contribution in [0.1, 0.15) is 13.8 Å². The molecule has 0 saturated carbocycles. The molecule has 2 N–H and O–H groups in total. The minimum Gasteiger partial charge on any atom is -0.384 e. The molecule has 0 rings (SSSR count). The Morgan fingerprint density at radius 1 is 1.50 bits per heavy atom. The molecule has 0 amide bonds. The van der Waals surface area contributed by atoms with Gasteiger partial charge in [-0.2, -0.15) is 0 Å². The van der Waals surface area contributed by atoms with Crippen LogP contribution in [0.5, 0.6) is 0 Å². The van der Waals surface area contributed by atoms with Gasteiger partial charge in [0.15, 0.2) is 0 Å². The summed E-state index contributed by atoms with van der Waals surface area (Å²) < 4.78 is 4.88. The number of ether oxygens (including phenoxy) is 1. The molecule has 0 heterocycles. The number of rotatable bonds is 3. The lowest BCUT2D eigenvalue weighted by Gasteiger charge is -2.12. The monoisotopic (exact) mass is 117 g/mol. The zero-order chi connectivity index (χ0) is 6.57. The quantitative estimate of drug-likeness (QED) is 0.588. The average molecular weight is 117 g/mol. The summed E-state index contributed by atoms with van der Waals surface area (Å²) >= 11 is 0. The summed E-state index contributed by atoms with van der Waals surface area (Å²) in [6.07, 6.45) is 0. The van der Waals surface area contributed by atoms with Gasteiger partial charge in [0, 0.05) is 13.2 Å². The minimum absolute atomic E-state index is 0.245. The van der Waals surface area contributed by atoms with E-state index in [4.69, 9.17) is 10.5 Å². The lowest BCUT2D eigenvalue weighted by molar-refractivity contribution is 0.150. The van der Waals surface area contributed by atoms with E-state index < -0.39 is 0 Å². The number of methoxy groups -OCH3 is 1. The SMILES string of the molecule is COC[C@@H](C)[C@@H](C)N. The normalized spacial score (nSPS) is 18.0. The Bertz CT molecular complexity index is 54.5. The molecule has 0 aromatic carbocycles. The maximum Gasteiger partial charge on any atom is 0.0502 e. The predicted octanol–water partition coefficient (Wildman–Crippen LogP) is 0.616. The Hall–Kier alpha value is -0.0800. The predicted molar refractivity (Wildman–Crippen MR) is 34.7 cm³/mol. The third kappa shape index (κ3) is 2.99. The molecule has 2 heteroatoms. The molecule has 0 aliphatic rings. The summed E-state index contributed by atoms with van der Waals surface area (Å²) in [7, 11) is 1.69. The second-order valence-electron chi connectivity index (χ2n) is 2.29. The first-order valence-electron chi connectivity index (χ1n) is 2.93. The first-order chi connectivity index (χ1) is 3.68. The maximum absolute atomic E-state index is 5.54. The Kier molecular flexibility index (Phi) is 3.83. The lowest BCUT2D eigenvalue weighted by atomic mass is 10.1. The van der Waals surface area contributed by atoms with Crippen LogP contribution >= 0.6 is 0 Å². The van der Waals surface area contributed by atoms with Crippen molar-refractivity contribution in [2.75, 3.05) is 13.7 Å². The van der Waals surface area contributed by atoms with E-state index in [1.54, 1.807) is 7.11 Å². The van der Waals surface area contributed by atoms with E-state index >= 15 is 0 Å². The molecule has 0 unspecified atom stereocenters. The standard InChI is InChI=1S/C6H15NO/c1-5(4-8-3)6(2)7/h5-6H,4,7H2,1-3H3/t5-,6-/m1/s1. The molecule has 8 heavy (non-hydrogen) atoms. The van der Waals surface area contributed by atoms with Crippen molar-refractivity contribution in [3.05, 3.63) is 0 Å². The van der Waals surface area contributed by atoms with Crippen LogP contribution in [-0.2, 0) is 4.74 Å². The van der Waals surface area contributed by atoms with Gasteiger partial charge in [-0.25, -0.2) is 0 Å². The second-order valence-corrected chi connectivity index (χ2v) is 2.29. The van der Waals surface area contributed by atoms with E-state index in [2.05, 4.69) is 6.92 Å². The maximum atomic E-state index is 5.54. The third-order valence-electron chi connectivity index (χ3n) is 1.33.